The topological polar surface area (TPSA) is 64.9 Å². The predicted molar refractivity (Wildman–Crippen MR) is 80.1 cm³/mol. The normalized spacial score (nSPS) is 12.9. The quantitative estimate of drug-likeness (QED) is 0.917. The molecule has 0 amide bonds. The van der Waals surface area contributed by atoms with Gasteiger partial charge < -0.3 is 10.3 Å². The monoisotopic (exact) mass is 313 g/mol. The van der Waals surface area contributed by atoms with Crippen LogP contribution < -0.4 is 5.73 Å². The van der Waals surface area contributed by atoms with E-state index in [1.165, 1.54) is 0 Å². The van der Waals surface area contributed by atoms with Crippen molar-refractivity contribution in [2.75, 3.05) is 0 Å². The highest BCUT2D eigenvalue weighted by atomic mass is 35.5. The van der Waals surface area contributed by atoms with Gasteiger partial charge in [0.25, 0.3) is 0 Å². The minimum absolute atomic E-state index is 0.00667. The molecule has 4 nitrogen and oxygen atoms in total. The summed E-state index contributed by atoms with van der Waals surface area (Å²) >= 11 is 12.2. The minimum atomic E-state index is 0.00667. The maximum Gasteiger partial charge on any atom is 0.228 e. The molecule has 20 heavy (non-hydrogen) atoms. The van der Waals surface area contributed by atoms with Crippen LogP contribution in [-0.2, 0) is 12.8 Å². The van der Waals surface area contributed by atoms with Crippen LogP contribution in [0.15, 0.2) is 22.7 Å². The molecule has 2 N–H and O–H groups in total. The van der Waals surface area contributed by atoms with Crippen molar-refractivity contribution in [3.8, 4) is 0 Å². The van der Waals surface area contributed by atoms with E-state index in [9.17, 15) is 0 Å². The molecule has 2 rings (SSSR count). The fourth-order valence-electron chi connectivity index (χ4n) is 1.74. The highest BCUT2D eigenvalue weighted by Crippen LogP contribution is 2.26. The highest BCUT2D eigenvalue weighted by Gasteiger charge is 2.15. The second kappa shape index (κ2) is 6.57. The van der Waals surface area contributed by atoms with Crippen LogP contribution in [0.5, 0.6) is 0 Å². The molecule has 1 heterocycles. The van der Waals surface area contributed by atoms with Crippen molar-refractivity contribution in [2.45, 2.75) is 32.7 Å². The average Bonchev–Trinajstić information content (AvgIpc) is 2.81. The first kappa shape index (κ1) is 15.3. The lowest BCUT2D eigenvalue weighted by molar-refractivity contribution is 0.350. The number of nitrogens with zero attached hydrogens (tertiary/aromatic N) is 2. The van der Waals surface area contributed by atoms with Gasteiger partial charge in [-0.05, 0) is 23.6 Å². The van der Waals surface area contributed by atoms with Crippen LogP contribution in [0.1, 0.15) is 31.1 Å². The Morgan fingerprint density at radius 2 is 1.90 bits per heavy atom. The Hall–Kier alpha value is -1.10. The summed E-state index contributed by atoms with van der Waals surface area (Å²) in [6.07, 6.45) is 1.01. The first-order valence-corrected chi connectivity index (χ1v) is 7.23. The third-order valence-corrected chi connectivity index (χ3v) is 3.88. The van der Waals surface area contributed by atoms with Gasteiger partial charge >= 0.3 is 0 Å². The zero-order chi connectivity index (χ0) is 14.7. The molecule has 0 bridgehead atoms. The Balaban J connectivity index is 2.10. The zero-order valence-electron chi connectivity index (χ0n) is 11.4. The number of halogens is 2. The van der Waals surface area contributed by atoms with Crippen molar-refractivity contribution >= 4 is 23.2 Å². The van der Waals surface area contributed by atoms with Crippen LogP contribution in [0.2, 0.25) is 10.0 Å². The molecule has 1 aromatic heterocycles. The van der Waals surface area contributed by atoms with Gasteiger partial charge in [0, 0.05) is 28.9 Å². The molecule has 1 unspecified atom stereocenters. The average molecular weight is 314 g/mol. The fraction of sp³-hybridized carbons (Fsp3) is 0.429. The Morgan fingerprint density at radius 3 is 2.50 bits per heavy atom. The van der Waals surface area contributed by atoms with Crippen LogP contribution in [-0.4, -0.2) is 16.2 Å². The van der Waals surface area contributed by atoms with E-state index in [1.54, 1.807) is 18.2 Å². The van der Waals surface area contributed by atoms with Crippen molar-refractivity contribution in [3.05, 3.63) is 45.5 Å². The number of hydrogen-bond acceptors (Lipinski definition) is 4. The van der Waals surface area contributed by atoms with Gasteiger partial charge in [0.2, 0.25) is 5.89 Å². The lowest BCUT2D eigenvalue weighted by Crippen LogP contribution is -2.28. The van der Waals surface area contributed by atoms with E-state index in [0.29, 0.717) is 40.5 Å². The summed E-state index contributed by atoms with van der Waals surface area (Å²) < 4.78 is 5.21. The standard InChI is InChI=1S/C14H17Cl2N3O/c1-8(2)12(17)7-14-18-13(19-20-14)6-9-10(15)4-3-5-11(9)16/h3-5,8,12H,6-7,17H2,1-2H3. The third-order valence-electron chi connectivity index (χ3n) is 3.17. The van der Waals surface area contributed by atoms with E-state index in [-0.39, 0.29) is 6.04 Å². The SMILES string of the molecule is CC(C)C(N)Cc1nc(Cc2c(Cl)cccc2Cl)no1. The predicted octanol–water partition coefficient (Wildman–Crippen LogP) is 3.49. The summed E-state index contributed by atoms with van der Waals surface area (Å²) in [6.45, 7) is 4.12. The maximum absolute atomic E-state index is 6.12. The molecular weight excluding hydrogens is 297 g/mol. The summed E-state index contributed by atoms with van der Waals surface area (Å²) in [6, 6.07) is 5.39. The summed E-state index contributed by atoms with van der Waals surface area (Å²) in [5, 5.41) is 5.15. The Kier molecular flexibility index (Phi) is 5.02. The van der Waals surface area contributed by atoms with Gasteiger partial charge in [-0.15, -0.1) is 0 Å². The van der Waals surface area contributed by atoms with Crippen LogP contribution in [0.3, 0.4) is 0 Å². The number of benzene rings is 1. The second-order valence-corrected chi connectivity index (χ2v) is 5.91. The van der Waals surface area contributed by atoms with Gasteiger partial charge in [0.1, 0.15) is 0 Å². The molecule has 0 spiro atoms. The molecular formula is C14H17Cl2N3O. The fourth-order valence-corrected chi connectivity index (χ4v) is 2.27. The van der Waals surface area contributed by atoms with Crippen molar-refractivity contribution in [1.29, 1.82) is 0 Å². The Labute approximate surface area is 128 Å². The summed E-state index contributed by atoms with van der Waals surface area (Å²) in [4.78, 5) is 4.34. The van der Waals surface area contributed by atoms with Crippen molar-refractivity contribution in [2.24, 2.45) is 11.7 Å². The van der Waals surface area contributed by atoms with Crippen LogP contribution in [0.4, 0.5) is 0 Å². The van der Waals surface area contributed by atoms with Gasteiger partial charge in [-0.2, -0.15) is 4.98 Å². The van der Waals surface area contributed by atoms with Gasteiger partial charge in [-0.25, -0.2) is 0 Å². The summed E-state index contributed by atoms with van der Waals surface area (Å²) in [5.74, 6) is 1.47. The molecule has 0 aliphatic rings. The molecule has 0 saturated carbocycles. The molecule has 2 aromatic rings. The summed E-state index contributed by atoms with van der Waals surface area (Å²) in [5.41, 5.74) is 6.79. The highest BCUT2D eigenvalue weighted by molar-refractivity contribution is 6.36. The maximum atomic E-state index is 6.12. The zero-order valence-corrected chi connectivity index (χ0v) is 12.9. The van der Waals surface area contributed by atoms with E-state index < -0.39 is 0 Å². The molecule has 0 saturated heterocycles. The van der Waals surface area contributed by atoms with Gasteiger partial charge in [0.15, 0.2) is 5.82 Å². The molecule has 1 atom stereocenters. The molecule has 108 valence electrons. The molecule has 0 aliphatic heterocycles. The van der Waals surface area contributed by atoms with Crippen molar-refractivity contribution in [3.63, 3.8) is 0 Å². The minimum Gasteiger partial charge on any atom is -0.339 e. The van der Waals surface area contributed by atoms with Crippen LogP contribution in [0, 0.1) is 5.92 Å². The van der Waals surface area contributed by atoms with Crippen LogP contribution in [0.25, 0.3) is 0 Å². The Bertz CT molecular complexity index is 563. The lowest BCUT2D eigenvalue weighted by atomic mass is 10.0. The van der Waals surface area contributed by atoms with Gasteiger partial charge in [0.05, 0.1) is 0 Å². The van der Waals surface area contributed by atoms with E-state index >= 15 is 0 Å². The van der Waals surface area contributed by atoms with E-state index in [1.807, 2.05) is 0 Å². The van der Waals surface area contributed by atoms with E-state index in [2.05, 4.69) is 24.0 Å². The van der Waals surface area contributed by atoms with E-state index in [0.717, 1.165) is 5.56 Å². The molecule has 6 heteroatoms. The molecule has 0 aliphatic carbocycles. The number of nitrogens with two attached hydrogens (primary N) is 1. The largest absolute Gasteiger partial charge is 0.339 e. The van der Waals surface area contributed by atoms with E-state index in [4.69, 9.17) is 33.5 Å². The summed E-state index contributed by atoms with van der Waals surface area (Å²) in [7, 11) is 0. The van der Waals surface area contributed by atoms with Crippen molar-refractivity contribution < 1.29 is 4.52 Å². The van der Waals surface area contributed by atoms with Gasteiger partial charge in [-0.1, -0.05) is 48.3 Å². The Morgan fingerprint density at radius 1 is 1.25 bits per heavy atom. The second-order valence-electron chi connectivity index (χ2n) is 5.09. The molecule has 0 fully saturated rings. The third kappa shape index (κ3) is 3.72. The lowest BCUT2D eigenvalue weighted by Gasteiger charge is -2.11. The first-order valence-electron chi connectivity index (χ1n) is 6.47. The molecule has 1 aromatic carbocycles. The number of rotatable bonds is 5. The van der Waals surface area contributed by atoms with Crippen LogP contribution >= 0.6 is 23.2 Å². The first-order chi connectivity index (χ1) is 9.47. The number of aromatic nitrogens is 2. The number of hydrogen-bond donors (Lipinski definition) is 1. The smallest absolute Gasteiger partial charge is 0.228 e. The molecule has 0 radical (unpaired) electrons. The van der Waals surface area contributed by atoms with Crippen molar-refractivity contribution in [1.82, 2.24) is 10.1 Å². The van der Waals surface area contributed by atoms with Gasteiger partial charge in [-0.3, -0.25) is 0 Å².